The van der Waals surface area contributed by atoms with Crippen molar-refractivity contribution in [2.75, 3.05) is 13.1 Å². The topological polar surface area (TPSA) is 86.8 Å². The summed E-state index contributed by atoms with van der Waals surface area (Å²) in [6, 6.07) is 0.174. The number of β-amino-alcohol motifs (C(OH)–C–C–N with tert-alkyl or cyclic N) is 2. The van der Waals surface area contributed by atoms with Crippen LogP contribution in [0.3, 0.4) is 0 Å². The van der Waals surface area contributed by atoms with Gasteiger partial charge in [-0.1, -0.05) is 13.3 Å². The number of carbonyl (C=O) groups excluding carboxylic acids is 1. The first kappa shape index (κ1) is 14.4. The van der Waals surface area contributed by atoms with E-state index in [1.54, 1.807) is 4.90 Å². The third kappa shape index (κ3) is 4.26. The predicted octanol–water partition coefficient (Wildman–Crippen LogP) is -0.296. The van der Waals surface area contributed by atoms with Crippen molar-refractivity contribution >= 4 is 5.91 Å². The van der Waals surface area contributed by atoms with E-state index < -0.39 is 12.2 Å². The molecule has 0 bridgehead atoms. The zero-order valence-corrected chi connectivity index (χ0v) is 10.7. The van der Waals surface area contributed by atoms with Crippen LogP contribution in [0.25, 0.3) is 0 Å². The Hall–Kier alpha value is -0.650. The molecule has 0 saturated carbocycles. The Labute approximate surface area is 103 Å². The van der Waals surface area contributed by atoms with E-state index >= 15 is 0 Å². The van der Waals surface area contributed by atoms with Gasteiger partial charge in [0, 0.05) is 25.0 Å². The fourth-order valence-electron chi connectivity index (χ4n) is 2.13. The van der Waals surface area contributed by atoms with Crippen molar-refractivity contribution in [3.05, 3.63) is 0 Å². The van der Waals surface area contributed by atoms with Gasteiger partial charge in [-0.2, -0.15) is 0 Å². The normalized spacial score (nSPS) is 28.2. The van der Waals surface area contributed by atoms with Crippen LogP contribution in [0.5, 0.6) is 0 Å². The summed E-state index contributed by atoms with van der Waals surface area (Å²) < 4.78 is 0. The molecule has 4 N–H and O–H groups in total. The predicted molar refractivity (Wildman–Crippen MR) is 65.3 cm³/mol. The Morgan fingerprint density at radius 1 is 1.29 bits per heavy atom. The lowest BCUT2D eigenvalue weighted by Gasteiger charge is -2.20. The molecule has 1 fully saturated rings. The molecular formula is C12H24N2O3. The Morgan fingerprint density at radius 3 is 2.29 bits per heavy atom. The monoisotopic (exact) mass is 244 g/mol. The van der Waals surface area contributed by atoms with Crippen molar-refractivity contribution in [2.45, 2.75) is 51.4 Å². The van der Waals surface area contributed by atoms with Crippen LogP contribution in [0.4, 0.5) is 0 Å². The smallest absolute Gasteiger partial charge is 0.225 e. The highest BCUT2D eigenvalue weighted by Crippen LogP contribution is 2.17. The molecule has 1 amide bonds. The van der Waals surface area contributed by atoms with E-state index in [1.807, 2.05) is 13.8 Å². The highest BCUT2D eigenvalue weighted by molar-refractivity contribution is 5.78. The maximum Gasteiger partial charge on any atom is 0.225 e. The number of nitrogens with zero attached hydrogens (tertiary/aromatic N) is 1. The van der Waals surface area contributed by atoms with E-state index in [9.17, 15) is 15.0 Å². The van der Waals surface area contributed by atoms with Crippen LogP contribution >= 0.6 is 0 Å². The molecule has 5 nitrogen and oxygen atoms in total. The van der Waals surface area contributed by atoms with Crippen molar-refractivity contribution < 1.29 is 15.0 Å². The summed E-state index contributed by atoms with van der Waals surface area (Å²) in [6.07, 6.45) is 1.07. The standard InChI is InChI=1S/C12H24N2O3/c1-8(4-3-5-9(2)13)12(17)14-6-10(15)11(16)7-14/h8-11,15-16H,3-7,13H2,1-2H3/t8?,9?,10-,11+. The van der Waals surface area contributed by atoms with Crippen LogP contribution in [0.2, 0.25) is 0 Å². The number of likely N-dealkylation sites (tertiary alicyclic amines) is 1. The fourth-order valence-corrected chi connectivity index (χ4v) is 2.13. The Kier molecular flexibility index (Phi) is 5.36. The van der Waals surface area contributed by atoms with Gasteiger partial charge in [0.1, 0.15) is 0 Å². The third-order valence-electron chi connectivity index (χ3n) is 3.29. The van der Waals surface area contributed by atoms with Gasteiger partial charge in [-0.3, -0.25) is 4.79 Å². The van der Waals surface area contributed by atoms with E-state index in [1.165, 1.54) is 0 Å². The summed E-state index contributed by atoms with van der Waals surface area (Å²) in [5.41, 5.74) is 5.65. The van der Waals surface area contributed by atoms with Crippen LogP contribution in [0, 0.1) is 5.92 Å². The molecular weight excluding hydrogens is 220 g/mol. The zero-order chi connectivity index (χ0) is 13.0. The second kappa shape index (κ2) is 6.33. The zero-order valence-electron chi connectivity index (χ0n) is 10.7. The van der Waals surface area contributed by atoms with Crippen LogP contribution in [0.15, 0.2) is 0 Å². The third-order valence-corrected chi connectivity index (χ3v) is 3.29. The summed E-state index contributed by atoms with van der Waals surface area (Å²) in [5.74, 6) is -0.0449. The molecule has 0 aromatic rings. The Balaban J connectivity index is 2.32. The maximum atomic E-state index is 12.0. The number of hydrogen-bond donors (Lipinski definition) is 3. The lowest BCUT2D eigenvalue weighted by molar-refractivity contribution is -0.134. The van der Waals surface area contributed by atoms with Crippen molar-refractivity contribution in [1.82, 2.24) is 4.90 Å². The average molecular weight is 244 g/mol. The number of nitrogens with two attached hydrogens (primary N) is 1. The van der Waals surface area contributed by atoms with Gasteiger partial charge in [-0.05, 0) is 19.8 Å². The molecule has 100 valence electrons. The number of aliphatic hydroxyl groups is 2. The molecule has 0 aliphatic carbocycles. The highest BCUT2D eigenvalue weighted by atomic mass is 16.3. The first-order chi connectivity index (χ1) is 7.91. The summed E-state index contributed by atoms with van der Waals surface area (Å²) in [5, 5.41) is 18.8. The van der Waals surface area contributed by atoms with Crippen molar-refractivity contribution in [3.8, 4) is 0 Å². The van der Waals surface area contributed by atoms with Crippen LogP contribution < -0.4 is 5.73 Å². The minimum atomic E-state index is -0.796. The molecule has 1 aliphatic heterocycles. The largest absolute Gasteiger partial charge is 0.388 e. The van der Waals surface area contributed by atoms with Gasteiger partial charge in [-0.15, -0.1) is 0 Å². The van der Waals surface area contributed by atoms with E-state index in [0.717, 1.165) is 19.3 Å². The lowest BCUT2D eigenvalue weighted by atomic mass is 10.0. The van der Waals surface area contributed by atoms with Gasteiger partial charge in [0.2, 0.25) is 5.91 Å². The molecule has 1 aliphatic rings. The molecule has 0 aromatic carbocycles. The van der Waals surface area contributed by atoms with Gasteiger partial charge in [-0.25, -0.2) is 0 Å². The molecule has 1 saturated heterocycles. The molecule has 0 radical (unpaired) electrons. The van der Waals surface area contributed by atoms with Gasteiger partial charge in [0.25, 0.3) is 0 Å². The Bertz CT molecular complexity index is 248. The second-order valence-electron chi connectivity index (χ2n) is 5.19. The van der Waals surface area contributed by atoms with Gasteiger partial charge < -0.3 is 20.8 Å². The number of carbonyl (C=O) groups is 1. The summed E-state index contributed by atoms with van der Waals surface area (Å²) in [4.78, 5) is 13.5. The van der Waals surface area contributed by atoms with Crippen molar-refractivity contribution in [2.24, 2.45) is 11.7 Å². The van der Waals surface area contributed by atoms with Gasteiger partial charge in [0.05, 0.1) is 12.2 Å². The first-order valence-electron chi connectivity index (χ1n) is 6.32. The minimum absolute atomic E-state index is 0.0188. The number of hydrogen-bond acceptors (Lipinski definition) is 4. The molecule has 0 spiro atoms. The summed E-state index contributed by atoms with van der Waals surface area (Å²) >= 11 is 0. The van der Waals surface area contributed by atoms with E-state index in [2.05, 4.69) is 0 Å². The first-order valence-corrected chi connectivity index (χ1v) is 6.32. The highest BCUT2D eigenvalue weighted by Gasteiger charge is 2.33. The fraction of sp³-hybridized carbons (Fsp3) is 0.917. The minimum Gasteiger partial charge on any atom is -0.388 e. The average Bonchev–Trinajstić information content (AvgIpc) is 2.57. The van der Waals surface area contributed by atoms with E-state index in [4.69, 9.17) is 5.73 Å². The quantitative estimate of drug-likeness (QED) is 0.620. The van der Waals surface area contributed by atoms with Gasteiger partial charge in [0.15, 0.2) is 0 Å². The molecule has 5 heteroatoms. The molecule has 1 rings (SSSR count). The van der Waals surface area contributed by atoms with E-state index in [0.29, 0.717) is 0 Å². The van der Waals surface area contributed by atoms with Gasteiger partial charge >= 0.3 is 0 Å². The van der Waals surface area contributed by atoms with Crippen LogP contribution in [-0.4, -0.2) is 52.4 Å². The maximum absolute atomic E-state index is 12.0. The van der Waals surface area contributed by atoms with Crippen LogP contribution in [-0.2, 0) is 4.79 Å². The molecule has 1 heterocycles. The molecule has 0 aromatic heterocycles. The number of rotatable bonds is 5. The van der Waals surface area contributed by atoms with Crippen LogP contribution in [0.1, 0.15) is 33.1 Å². The number of amides is 1. The van der Waals surface area contributed by atoms with Crippen molar-refractivity contribution in [1.29, 1.82) is 0 Å². The Morgan fingerprint density at radius 2 is 1.82 bits per heavy atom. The second-order valence-corrected chi connectivity index (χ2v) is 5.19. The molecule has 17 heavy (non-hydrogen) atoms. The number of aliphatic hydroxyl groups excluding tert-OH is 2. The summed E-state index contributed by atoms with van der Waals surface area (Å²) in [6.45, 7) is 4.34. The lowest BCUT2D eigenvalue weighted by Crippen LogP contribution is -2.34. The summed E-state index contributed by atoms with van der Waals surface area (Å²) in [7, 11) is 0. The molecule has 4 atom stereocenters. The molecule has 2 unspecified atom stereocenters. The SMILES string of the molecule is CC(N)CCCC(C)C(=O)N1C[C@@H](O)[C@@H](O)C1. The van der Waals surface area contributed by atoms with E-state index in [-0.39, 0.29) is 31.0 Å². The van der Waals surface area contributed by atoms with Crippen molar-refractivity contribution in [3.63, 3.8) is 0 Å².